The van der Waals surface area contributed by atoms with Crippen molar-refractivity contribution in [2.75, 3.05) is 13.1 Å². The maximum atomic E-state index is 11.0. The third-order valence-corrected chi connectivity index (χ3v) is 5.07. The average Bonchev–Trinajstić information content (AvgIpc) is 2.47. The Kier molecular flexibility index (Phi) is 3.64. The molecule has 0 aromatic heterocycles. The molecule has 1 aliphatic carbocycles. The van der Waals surface area contributed by atoms with Gasteiger partial charge in [-0.25, -0.2) is 0 Å². The minimum atomic E-state index is -0.672. The van der Waals surface area contributed by atoms with Crippen molar-refractivity contribution in [1.29, 1.82) is 0 Å². The Labute approximate surface area is 116 Å². The number of rotatable bonds is 2. The van der Waals surface area contributed by atoms with E-state index in [0.29, 0.717) is 5.92 Å². The van der Waals surface area contributed by atoms with Gasteiger partial charge in [0, 0.05) is 0 Å². The Morgan fingerprint density at radius 3 is 2.53 bits per heavy atom. The summed E-state index contributed by atoms with van der Waals surface area (Å²) >= 11 is 0. The summed E-state index contributed by atoms with van der Waals surface area (Å²) in [5, 5.41) is 14.4. The van der Waals surface area contributed by atoms with E-state index in [1.54, 1.807) is 0 Å². The van der Waals surface area contributed by atoms with Crippen LogP contribution in [0.4, 0.5) is 0 Å². The zero-order chi connectivity index (χ0) is 13.3. The number of aryl methyl sites for hydroxylation is 2. The summed E-state index contributed by atoms with van der Waals surface area (Å²) in [5.74, 6) is 0.385. The summed E-state index contributed by atoms with van der Waals surface area (Å²) in [6.07, 6.45) is 7.16. The molecule has 1 aromatic rings. The fourth-order valence-electron chi connectivity index (χ4n) is 3.67. The van der Waals surface area contributed by atoms with Gasteiger partial charge in [0.25, 0.3) is 0 Å². The molecule has 2 heteroatoms. The number of nitrogens with one attached hydrogen (secondary N) is 1. The van der Waals surface area contributed by atoms with Gasteiger partial charge in [-0.1, -0.05) is 18.2 Å². The summed E-state index contributed by atoms with van der Waals surface area (Å²) in [5.41, 5.74) is 3.42. The van der Waals surface area contributed by atoms with E-state index in [9.17, 15) is 5.11 Å². The molecule has 0 radical (unpaired) electrons. The second-order valence-electron chi connectivity index (χ2n) is 6.36. The van der Waals surface area contributed by atoms with Gasteiger partial charge in [-0.2, -0.15) is 0 Å². The molecule has 1 saturated heterocycles. The Bertz CT molecular complexity index is 447. The molecule has 2 N–H and O–H groups in total. The molecule has 104 valence electrons. The van der Waals surface area contributed by atoms with Crippen molar-refractivity contribution in [2.24, 2.45) is 5.92 Å². The lowest BCUT2D eigenvalue weighted by atomic mass is 9.76. The first-order valence-corrected chi connectivity index (χ1v) is 7.73. The summed E-state index contributed by atoms with van der Waals surface area (Å²) in [7, 11) is 0. The molecule has 3 rings (SSSR count). The molecule has 2 nitrogen and oxygen atoms in total. The van der Waals surface area contributed by atoms with E-state index < -0.39 is 5.60 Å². The zero-order valence-electron chi connectivity index (χ0n) is 11.9. The lowest BCUT2D eigenvalue weighted by molar-refractivity contribution is -0.0187. The minimum Gasteiger partial charge on any atom is -0.385 e. The molecule has 0 bridgehead atoms. The first kappa shape index (κ1) is 13.1. The van der Waals surface area contributed by atoms with Gasteiger partial charge in [-0.15, -0.1) is 0 Å². The van der Waals surface area contributed by atoms with Gasteiger partial charge in [0.05, 0.1) is 5.60 Å². The average molecular weight is 259 g/mol. The van der Waals surface area contributed by atoms with Crippen LogP contribution in [0, 0.1) is 5.92 Å². The van der Waals surface area contributed by atoms with E-state index in [4.69, 9.17) is 0 Å². The molecule has 1 fully saturated rings. The van der Waals surface area contributed by atoms with Crippen LogP contribution in [-0.4, -0.2) is 18.2 Å². The lowest BCUT2D eigenvalue weighted by Crippen LogP contribution is -2.40. The third-order valence-electron chi connectivity index (χ3n) is 5.07. The van der Waals surface area contributed by atoms with Crippen LogP contribution in [0.25, 0.3) is 0 Å². The summed E-state index contributed by atoms with van der Waals surface area (Å²) in [4.78, 5) is 0. The molecule has 1 unspecified atom stereocenters. The van der Waals surface area contributed by atoms with E-state index in [1.807, 2.05) is 6.92 Å². The first-order chi connectivity index (χ1) is 9.18. The van der Waals surface area contributed by atoms with Crippen LogP contribution in [0.1, 0.15) is 49.3 Å². The summed E-state index contributed by atoms with van der Waals surface area (Å²) in [6.45, 7) is 4.07. The van der Waals surface area contributed by atoms with Crippen LogP contribution in [0.2, 0.25) is 0 Å². The number of fused-ring (bicyclic) bond motifs is 1. The second-order valence-corrected chi connectivity index (χ2v) is 6.36. The summed E-state index contributed by atoms with van der Waals surface area (Å²) < 4.78 is 0. The number of hydrogen-bond donors (Lipinski definition) is 2. The summed E-state index contributed by atoms with van der Waals surface area (Å²) in [6, 6.07) is 6.68. The standard InChI is InChI=1S/C17H25NO/c1-17(19,15-8-10-18-11-9-15)16-7-6-13-4-2-3-5-14(13)12-16/h6-7,12,15,18-19H,2-5,8-11H2,1H3. The van der Waals surface area contributed by atoms with E-state index in [1.165, 1.54) is 36.8 Å². The zero-order valence-corrected chi connectivity index (χ0v) is 11.9. The molecule has 1 aliphatic heterocycles. The topological polar surface area (TPSA) is 32.3 Å². The van der Waals surface area contributed by atoms with Crippen LogP contribution >= 0.6 is 0 Å². The van der Waals surface area contributed by atoms with Crippen molar-refractivity contribution >= 4 is 0 Å². The van der Waals surface area contributed by atoms with Crippen molar-refractivity contribution in [3.8, 4) is 0 Å². The van der Waals surface area contributed by atoms with Crippen molar-refractivity contribution in [1.82, 2.24) is 5.32 Å². The highest BCUT2D eigenvalue weighted by molar-refractivity contribution is 5.36. The van der Waals surface area contributed by atoms with Crippen LogP contribution in [0.15, 0.2) is 18.2 Å². The molecular weight excluding hydrogens is 234 g/mol. The highest BCUT2D eigenvalue weighted by atomic mass is 16.3. The van der Waals surface area contributed by atoms with Gasteiger partial charge >= 0.3 is 0 Å². The van der Waals surface area contributed by atoms with Crippen molar-refractivity contribution in [3.63, 3.8) is 0 Å². The predicted octanol–water partition coefficient (Wildman–Crippen LogP) is 2.77. The Balaban J connectivity index is 1.87. The van der Waals surface area contributed by atoms with E-state index in [-0.39, 0.29) is 0 Å². The SMILES string of the molecule is CC(O)(c1ccc2c(c1)CCCC2)C1CCNCC1. The predicted molar refractivity (Wildman–Crippen MR) is 78.2 cm³/mol. The molecule has 0 amide bonds. The fraction of sp³-hybridized carbons (Fsp3) is 0.647. The Hall–Kier alpha value is -0.860. The van der Waals surface area contributed by atoms with Crippen LogP contribution in [0.5, 0.6) is 0 Å². The third kappa shape index (κ3) is 2.56. The Morgan fingerprint density at radius 2 is 1.79 bits per heavy atom. The molecule has 19 heavy (non-hydrogen) atoms. The molecule has 0 spiro atoms. The molecular formula is C17H25NO. The van der Waals surface area contributed by atoms with Crippen molar-refractivity contribution < 1.29 is 5.11 Å². The molecule has 1 heterocycles. The maximum absolute atomic E-state index is 11.0. The highest BCUT2D eigenvalue weighted by Crippen LogP contribution is 2.36. The van der Waals surface area contributed by atoms with Gasteiger partial charge in [0.15, 0.2) is 0 Å². The van der Waals surface area contributed by atoms with Gasteiger partial charge in [-0.05, 0) is 81.1 Å². The van der Waals surface area contributed by atoms with Gasteiger partial charge in [0.1, 0.15) is 0 Å². The monoisotopic (exact) mass is 259 g/mol. The van der Waals surface area contributed by atoms with Gasteiger partial charge in [-0.3, -0.25) is 0 Å². The largest absolute Gasteiger partial charge is 0.385 e. The smallest absolute Gasteiger partial charge is 0.0897 e. The normalized spacial score (nSPS) is 23.7. The van der Waals surface area contributed by atoms with Crippen LogP contribution in [-0.2, 0) is 18.4 Å². The van der Waals surface area contributed by atoms with E-state index in [2.05, 4.69) is 23.5 Å². The van der Waals surface area contributed by atoms with E-state index in [0.717, 1.165) is 31.5 Å². The number of piperidine rings is 1. The quantitative estimate of drug-likeness (QED) is 0.856. The highest BCUT2D eigenvalue weighted by Gasteiger charge is 2.34. The molecule has 1 aromatic carbocycles. The van der Waals surface area contributed by atoms with Crippen molar-refractivity contribution in [3.05, 3.63) is 34.9 Å². The molecule has 1 atom stereocenters. The van der Waals surface area contributed by atoms with Crippen LogP contribution in [0.3, 0.4) is 0 Å². The van der Waals surface area contributed by atoms with Gasteiger partial charge < -0.3 is 10.4 Å². The Morgan fingerprint density at radius 1 is 1.11 bits per heavy atom. The number of benzene rings is 1. The molecule has 0 saturated carbocycles. The maximum Gasteiger partial charge on any atom is 0.0897 e. The van der Waals surface area contributed by atoms with Gasteiger partial charge in [0.2, 0.25) is 0 Å². The lowest BCUT2D eigenvalue weighted by Gasteiger charge is -2.37. The van der Waals surface area contributed by atoms with Crippen LogP contribution < -0.4 is 5.32 Å². The van der Waals surface area contributed by atoms with E-state index >= 15 is 0 Å². The molecule has 2 aliphatic rings. The fourth-order valence-corrected chi connectivity index (χ4v) is 3.67. The minimum absolute atomic E-state index is 0.385. The number of hydrogen-bond acceptors (Lipinski definition) is 2. The first-order valence-electron chi connectivity index (χ1n) is 7.73. The number of aliphatic hydroxyl groups is 1. The second kappa shape index (κ2) is 5.26. The van der Waals surface area contributed by atoms with Crippen molar-refractivity contribution in [2.45, 2.75) is 51.0 Å².